The van der Waals surface area contributed by atoms with Gasteiger partial charge in [0.25, 0.3) is 5.56 Å². The van der Waals surface area contributed by atoms with Crippen LogP contribution in [0.15, 0.2) is 41.3 Å². The number of hydrogen-bond acceptors (Lipinski definition) is 3. The Bertz CT molecular complexity index is 596. The van der Waals surface area contributed by atoms with Crippen molar-refractivity contribution in [2.45, 2.75) is 25.4 Å². The molecule has 0 unspecified atom stereocenters. The molecule has 0 saturated carbocycles. The van der Waals surface area contributed by atoms with Gasteiger partial charge >= 0.3 is 0 Å². The SMILES string of the molecule is CCn1c(CBr)ncc(OCc2ccccc2)c1=O. The summed E-state index contributed by atoms with van der Waals surface area (Å²) in [4.78, 5) is 16.4. The number of nitrogens with zero attached hydrogens (tertiary/aromatic N) is 2. The standard InChI is InChI=1S/C14H15BrN2O2/c1-2-17-13(8-15)16-9-12(14(17)18)19-10-11-6-4-3-5-7-11/h3-7,9H,2,8,10H2,1H3. The molecule has 0 fully saturated rings. The smallest absolute Gasteiger partial charge is 0.295 e. The lowest BCUT2D eigenvalue weighted by Gasteiger charge is -2.11. The van der Waals surface area contributed by atoms with E-state index in [-0.39, 0.29) is 11.3 Å². The van der Waals surface area contributed by atoms with Crippen LogP contribution in [0.5, 0.6) is 5.75 Å². The average molecular weight is 323 g/mol. The highest BCUT2D eigenvalue weighted by molar-refractivity contribution is 9.08. The van der Waals surface area contributed by atoms with E-state index in [4.69, 9.17) is 4.74 Å². The monoisotopic (exact) mass is 322 g/mol. The lowest BCUT2D eigenvalue weighted by Crippen LogP contribution is -2.25. The largest absolute Gasteiger partial charge is 0.482 e. The van der Waals surface area contributed by atoms with Crippen LogP contribution in [-0.4, -0.2) is 9.55 Å². The molecule has 0 aliphatic heterocycles. The summed E-state index contributed by atoms with van der Waals surface area (Å²) in [5, 5.41) is 0.551. The predicted octanol–water partition coefficient (Wildman–Crippen LogP) is 2.74. The summed E-state index contributed by atoms with van der Waals surface area (Å²) < 4.78 is 7.16. The Balaban J connectivity index is 2.20. The number of benzene rings is 1. The van der Waals surface area contributed by atoms with Gasteiger partial charge in [0.1, 0.15) is 12.4 Å². The van der Waals surface area contributed by atoms with Crippen molar-refractivity contribution in [3.63, 3.8) is 0 Å². The third-order valence-corrected chi connectivity index (χ3v) is 3.27. The molecule has 0 amide bonds. The first-order valence-electron chi connectivity index (χ1n) is 6.07. The van der Waals surface area contributed by atoms with Gasteiger partial charge in [-0.05, 0) is 12.5 Å². The van der Waals surface area contributed by atoms with Crippen molar-refractivity contribution in [1.82, 2.24) is 9.55 Å². The van der Waals surface area contributed by atoms with E-state index in [1.165, 1.54) is 6.20 Å². The van der Waals surface area contributed by atoms with Crippen molar-refractivity contribution < 1.29 is 4.74 Å². The van der Waals surface area contributed by atoms with Crippen molar-refractivity contribution in [3.8, 4) is 5.75 Å². The normalized spacial score (nSPS) is 10.4. The van der Waals surface area contributed by atoms with E-state index in [1.807, 2.05) is 37.3 Å². The Labute approximate surface area is 120 Å². The minimum absolute atomic E-state index is 0.136. The van der Waals surface area contributed by atoms with Gasteiger partial charge in [0.05, 0.1) is 11.5 Å². The first kappa shape index (κ1) is 13.8. The molecule has 2 aromatic rings. The fourth-order valence-corrected chi connectivity index (χ4v) is 2.22. The van der Waals surface area contributed by atoms with Crippen molar-refractivity contribution in [3.05, 3.63) is 58.3 Å². The molecular formula is C14H15BrN2O2. The molecule has 0 bridgehead atoms. The van der Waals surface area contributed by atoms with Gasteiger partial charge in [-0.3, -0.25) is 9.36 Å². The van der Waals surface area contributed by atoms with Crippen LogP contribution in [0.3, 0.4) is 0 Å². The maximum atomic E-state index is 12.2. The minimum atomic E-state index is -0.136. The number of rotatable bonds is 5. The Hall–Kier alpha value is -1.62. The summed E-state index contributed by atoms with van der Waals surface area (Å²) >= 11 is 3.32. The molecule has 2 rings (SSSR count). The third kappa shape index (κ3) is 3.23. The summed E-state index contributed by atoms with van der Waals surface area (Å²) in [5.74, 6) is 0.995. The molecule has 0 spiro atoms. The van der Waals surface area contributed by atoms with E-state index in [9.17, 15) is 4.79 Å². The van der Waals surface area contributed by atoms with Gasteiger partial charge in [-0.2, -0.15) is 0 Å². The predicted molar refractivity (Wildman–Crippen MR) is 77.6 cm³/mol. The van der Waals surface area contributed by atoms with E-state index < -0.39 is 0 Å². The van der Waals surface area contributed by atoms with Crippen molar-refractivity contribution in [2.24, 2.45) is 0 Å². The molecule has 0 N–H and O–H groups in total. The topological polar surface area (TPSA) is 44.1 Å². The van der Waals surface area contributed by atoms with Gasteiger partial charge < -0.3 is 4.74 Å². The highest BCUT2D eigenvalue weighted by atomic mass is 79.9. The average Bonchev–Trinajstić information content (AvgIpc) is 2.46. The number of hydrogen-bond donors (Lipinski definition) is 0. The first-order valence-corrected chi connectivity index (χ1v) is 7.19. The van der Waals surface area contributed by atoms with Crippen LogP contribution >= 0.6 is 15.9 Å². The third-order valence-electron chi connectivity index (χ3n) is 2.77. The molecule has 1 aromatic carbocycles. The van der Waals surface area contributed by atoms with E-state index >= 15 is 0 Å². The molecule has 0 saturated heterocycles. The van der Waals surface area contributed by atoms with Gasteiger partial charge in [-0.25, -0.2) is 4.98 Å². The fraction of sp³-hybridized carbons (Fsp3) is 0.286. The second-order valence-electron chi connectivity index (χ2n) is 4.00. The molecule has 0 atom stereocenters. The lowest BCUT2D eigenvalue weighted by atomic mass is 10.2. The lowest BCUT2D eigenvalue weighted by molar-refractivity contribution is 0.296. The minimum Gasteiger partial charge on any atom is -0.482 e. The molecule has 1 aromatic heterocycles. The van der Waals surface area contributed by atoms with Crippen molar-refractivity contribution in [1.29, 1.82) is 0 Å². The quantitative estimate of drug-likeness (QED) is 0.795. The zero-order valence-electron chi connectivity index (χ0n) is 10.7. The van der Waals surface area contributed by atoms with Crippen molar-refractivity contribution in [2.75, 3.05) is 0 Å². The van der Waals surface area contributed by atoms with E-state index in [0.29, 0.717) is 24.3 Å². The van der Waals surface area contributed by atoms with E-state index in [2.05, 4.69) is 20.9 Å². The zero-order chi connectivity index (χ0) is 13.7. The Kier molecular flexibility index (Phi) is 4.74. The maximum absolute atomic E-state index is 12.2. The molecule has 0 aliphatic rings. The number of alkyl halides is 1. The molecule has 100 valence electrons. The molecular weight excluding hydrogens is 308 g/mol. The number of halogens is 1. The van der Waals surface area contributed by atoms with Crippen LogP contribution in [0.4, 0.5) is 0 Å². The number of aromatic nitrogens is 2. The summed E-state index contributed by atoms with van der Waals surface area (Å²) in [5.41, 5.74) is 0.886. The summed E-state index contributed by atoms with van der Waals surface area (Å²) in [7, 11) is 0. The van der Waals surface area contributed by atoms with Gasteiger partial charge in [0.15, 0.2) is 0 Å². The molecule has 1 heterocycles. The zero-order valence-corrected chi connectivity index (χ0v) is 12.3. The van der Waals surface area contributed by atoms with Crippen LogP contribution in [0.1, 0.15) is 18.3 Å². The van der Waals surface area contributed by atoms with Crippen molar-refractivity contribution >= 4 is 15.9 Å². The number of ether oxygens (including phenoxy) is 1. The van der Waals surface area contributed by atoms with Gasteiger partial charge in [-0.15, -0.1) is 0 Å². The first-order chi connectivity index (χ1) is 9.26. The summed E-state index contributed by atoms with van der Waals surface area (Å²) in [6, 6.07) is 9.74. The highest BCUT2D eigenvalue weighted by Gasteiger charge is 2.09. The van der Waals surface area contributed by atoms with Crippen LogP contribution in [0.25, 0.3) is 0 Å². The molecule has 4 nitrogen and oxygen atoms in total. The molecule has 0 aliphatic carbocycles. The van der Waals surface area contributed by atoms with E-state index in [1.54, 1.807) is 4.57 Å². The molecule has 5 heteroatoms. The summed E-state index contributed by atoms with van der Waals surface area (Å²) in [6.45, 7) is 2.86. The highest BCUT2D eigenvalue weighted by Crippen LogP contribution is 2.08. The summed E-state index contributed by atoms with van der Waals surface area (Å²) in [6.07, 6.45) is 1.49. The Morgan fingerprint density at radius 2 is 2.05 bits per heavy atom. The second-order valence-corrected chi connectivity index (χ2v) is 4.56. The van der Waals surface area contributed by atoms with Gasteiger partial charge in [0, 0.05) is 6.54 Å². The fourth-order valence-electron chi connectivity index (χ4n) is 1.78. The van der Waals surface area contributed by atoms with Crippen LogP contribution in [-0.2, 0) is 18.5 Å². The molecule has 19 heavy (non-hydrogen) atoms. The van der Waals surface area contributed by atoms with Crippen LogP contribution in [0, 0.1) is 0 Å². The van der Waals surface area contributed by atoms with Crippen LogP contribution < -0.4 is 10.3 Å². The Morgan fingerprint density at radius 1 is 1.32 bits per heavy atom. The van der Waals surface area contributed by atoms with Gasteiger partial charge in [0.2, 0.25) is 5.75 Å². The van der Waals surface area contributed by atoms with Crippen LogP contribution in [0.2, 0.25) is 0 Å². The molecule has 0 radical (unpaired) electrons. The Morgan fingerprint density at radius 3 is 2.68 bits per heavy atom. The van der Waals surface area contributed by atoms with Gasteiger partial charge in [-0.1, -0.05) is 46.3 Å². The second kappa shape index (κ2) is 6.52. The maximum Gasteiger partial charge on any atom is 0.295 e. The van der Waals surface area contributed by atoms with E-state index in [0.717, 1.165) is 5.56 Å².